The number of benzene rings is 4. The molecule has 30 heavy (non-hydrogen) atoms. The van der Waals surface area contributed by atoms with Crippen molar-refractivity contribution in [2.75, 3.05) is 0 Å². The number of hydrogen-bond donors (Lipinski definition) is 0. The van der Waals surface area contributed by atoms with E-state index in [1.165, 1.54) is 21.5 Å². The summed E-state index contributed by atoms with van der Waals surface area (Å²) in [6, 6.07) is 40.7. The first-order valence-electron chi connectivity index (χ1n) is 9.68. The molecule has 0 atom stereocenters. The van der Waals surface area contributed by atoms with Crippen molar-refractivity contribution in [3.8, 4) is 0 Å². The number of hydrogen-bond acceptors (Lipinski definition) is 1. The molecule has 0 spiro atoms. The topological polar surface area (TPSA) is 12.4 Å². The molecule has 0 aliphatic heterocycles. The van der Waals surface area contributed by atoms with Crippen LogP contribution in [0.5, 0.6) is 0 Å². The normalized spacial score (nSPS) is 10.4. The maximum atomic E-state index is 5.45. The number of rotatable bonds is 4. The molecular formula is C25H22Br2HgNP. The van der Waals surface area contributed by atoms with E-state index in [-0.39, 0.29) is 0 Å². The molecule has 4 aromatic carbocycles. The van der Waals surface area contributed by atoms with E-state index in [4.69, 9.17) is 4.74 Å². The molecule has 0 aliphatic rings. The molecule has 1 nitrogen and oxygen atoms in total. The summed E-state index contributed by atoms with van der Waals surface area (Å²) >= 11 is 6.11. The van der Waals surface area contributed by atoms with Gasteiger partial charge >= 0.3 is 43.5 Å². The van der Waals surface area contributed by atoms with E-state index in [1.807, 2.05) is 0 Å². The summed E-state index contributed by atoms with van der Waals surface area (Å²) < 4.78 is 5.45. The van der Waals surface area contributed by atoms with Crippen LogP contribution in [-0.2, 0) is 19.7 Å². The third-order valence-electron chi connectivity index (χ3n) is 4.69. The molecule has 0 heterocycles. The van der Waals surface area contributed by atoms with Crippen LogP contribution in [0.15, 0.2) is 120 Å². The first kappa shape index (κ1) is 23.7. The molecule has 0 aliphatic carbocycles. The fourth-order valence-corrected chi connectivity index (χ4v) is 6.87. The molecule has 5 heteroatoms. The molecule has 0 aromatic heterocycles. The van der Waals surface area contributed by atoms with Gasteiger partial charge in [0.25, 0.3) is 0 Å². The van der Waals surface area contributed by atoms with Crippen molar-refractivity contribution in [2.45, 2.75) is 6.92 Å². The molecule has 148 valence electrons. The van der Waals surface area contributed by atoms with Crippen molar-refractivity contribution in [1.82, 2.24) is 0 Å². The Morgan fingerprint density at radius 1 is 0.567 bits per heavy atom. The van der Waals surface area contributed by atoms with Crippen molar-refractivity contribution in [2.24, 2.45) is 4.74 Å². The van der Waals surface area contributed by atoms with Crippen molar-refractivity contribution < 1.29 is 19.7 Å². The van der Waals surface area contributed by atoms with Crippen LogP contribution in [0.1, 0.15) is 5.56 Å². The van der Waals surface area contributed by atoms with E-state index >= 15 is 0 Å². The molecule has 0 fully saturated rings. The molecule has 0 saturated heterocycles. The molecule has 0 N–H and O–H groups in total. The Hall–Kier alpha value is -0.995. The first-order valence-corrected chi connectivity index (χ1v) is 35.3. The quantitative estimate of drug-likeness (QED) is 0.153. The summed E-state index contributed by atoms with van der Waals surface area (Å²) in [6.07, 6.45) is 0. The van der Waals surface area contributed by atoms with Crippen LogP contribution in [0.25, 0.3) is 0 Å². The fourth-order valence-electron chi connectivity index (χ4n) is 3.34. The monoisotopic (exact) mass is 727 g/mol. The molecular weight excluding hydrogens is 706 g/mol. The van der Waals surface area contributed by atoms with Crippen molar-refractivity contribution in [3.63, 3.8) is 0 Å². The molecule has 0 amide bonds. The van der Waals surface area contributed by atoms with Gasteiger partial charge in [-0.15, -0.1) is 0 Å². The van der Waals surface area contributed by atoms with Crippen molar-refractivity contribution >= 4 is 52.5 Å². The predicted octanol–water partition coefficient (Wildman–Crippen LogP) is 7.49. The van der Waals surface area contributed by atoms with Crippen molar-refractivity contribution in [3.05, 3.63) is 121 Å². The average molecular weight is 728 g/mol. The molecule has 0 radical (unpaired) electrons. The van der Waals surface area contributed by atoms with Gasteiger partial charge in [0.05, 0.1) is 12.7 Å². The van der Waals surface area contributed by atoms with E-state index in [0.29, 0.717) is 0 Å². The van der Waals surface area contributed by atoms with Crippen molar-refractivity contribution in [1.29, 1.82) is 0 Å². The molecule has 4 rings (SSSR count). The Kier molecular flexibility index (Phi) is 9.58. The summed E-state index contributed by atoms with van der Waals surface area (Å²) in [5, 5.41) is 3.80. The zero-order valence-electron chi connectivity index (χ0n) is 16.8. The second kappa shape index (κ2) is 12.1. The van der Waals surface area contributed by atoms with Gasteiger partial charge in [-0.3, -0.25) is 4.74 Å². The van der Waals surface area contributed by atoms with E-state index in [2.05, 4.69) is 146 Å². The number of nitrogens with zero attached hydrogens (tertiary/aromatic N) is 1. The van der Waals surface area contributed by atoms with E-state index in [1.54, 1.807) is 0 Å². The van der Waals surface area contributed by atoms with Crippen LogP contribution in [-0.4, -0.2) is 0 Å². The zero-order chi connectivity index (χ0) is 21.2. The van der Waals surface area contributed by atoms with Crippen LogP contribution in [0, 0.1) is 6.92 Å². The zero-order valence-corrected chi connectivity index (χ0v) is 26.4. The second-order valence-electron chi connectivity index (χ2n) is 6.68. The predicted molar refractivity (Wildman–Crippen MR) is 136 cm³/mol. The van der Waals surface area contributed by atoms with Gasteiger partial charge in [-0.05, 0) is 19.1 Å². The average Bonchev–Trinajstić information content (AvgIpc) is 2.81. The Labute approximate surface area is 203 Å². The molecule has 4 aromatic rings. The van der Waals surface area contributed by atoms with Crippen LogP contribution in [0.2, 0.25) is 0 Å². The Bertz CT molecular complexity index is 983. The van der Waals surface area contributed by atoms with Gasteiger partial charge in [-0.1, -0.05) is 109 Å². The Morgan fingerprint density at radius 3 is 1.23 bits per heavy atom. The first-order chi connectivity index (χ1) is 14.7. The van der Waals surface area contributed by atoms with Gasteiger partial charge in [0, 0.05) is 15.9 Å². The summed E-state index contributed by atoms with van der Waals surface area (Å²) in [6.45, 7) is 2.11. The fraction of sp³-hybridized carbons (Fsp3) is 0.0400. The van der Waals surface area contributed by atoms with Gasteiger partial charge < -0.3 is 0 Å². The third-order valence-corrected chi connectivity index (χ3v) is 8.36. The Balaban J connectivity index is 0.000000806. The summed E-state index contributed by atoms with van der Waals surface area (Å²) in [4.78, 5) is 0. The minimum absolute atomic E-state index is 0.458. The van der Waals surface area contributed by atoms with Gasteiger partial charge in [0.1, 0.15) is 0 Å². The molecule has 0 bridgehead atoms. The number of aryl methyl sites for hydroxylation is 1. The van der Waals surface area contributed by atoms with E-state index in [9.17, 15) is 0 Å². The van der Waals surface area contributed by atoms with Crippen LogP contribution in [0.3, 0.4) is 0 Å². The SMILES string of the molecule is Cc1ccc(N=P(c2ccccc2)(c2ccccc2)c2ccccc2)cc1.[Br][Hg][Br]. The summed E-state index contributed by atoms with van der Waals surface area (Å²) in [5.41, 5.74) is 2.27. The summed E-state index contributed by atoms with van der Waals surface area (Å²) in [5.74, 6) is 0. The van der Waals surface area contributed by atoms with Crippen LogP contribution < -0.4 is 15.9 Å². The van der Waals surface area contributed by atoms with Crippen LogP contribution >= 0.6 is 30.9 Å². The van der Waals surface area contributed by atoms with Gasteiger partial charge in [0.2, 0.25) is 0 Å². The maximum absolute atomic E-state index is 5.45. The molecule has 0 saturated carbocycles. The minimum atomic E-state index is -2.17. The van der Waals surface area contributed by atoms with Gasteiger partial charge in [-0.2, -0.15) is 0 Å². The van der Waals surface area contributed by atoms with Crippen LogP contribution in [0.4, 0.5) is 5.69 Å². The molecule has 0 unspecified atom stereocenters. The Morgan fingerprint density at radius 2 is 0.900 bits per heavy atom. The van der Waals surface area contributed by atoms with E-state index in [0.717, 1.165) is 5.69 Å². The standard InChI is InChI=1S/C25H22NP.2BrH.Hg/c1-21-17-19-22(20-18-21)26-27(23-11-5-2-6-12-23,24-13-7-3-8-14-24)25-15-9-4-10-16-25;;;/h2-20H,1H3;2*1H;/q;;;+2/p-2. The third kappa shape index (κ3) is 5.82. The van der Waals surface area contributed by atoms with Gasteiger partial charge in [-0.25, -0.2) is 0 Å². The summed E-state index contributed by atoms with van der Waals surface area (Å²) in [7, 11) is -2.17. The van der Waals surface area contributed by atoms with Gasteiger partial charge in [0.15, 0.2) is 0 Å². The number of halogens is 2. The second-order valence-corrected chi connectivity index (χ2v) is 33.5. The van der Waals surface area contributed by atoms with E-state index < -0.39 is 26.8 Å².